The van der Waals surface area contributed by atoms with Gasteiger partial charge in [-0.15, -0.1) is 0 Å². The average Bonchev–Trinajstić information content (AvgIpc) is 2.86. The number of benzene rings is 2. The van der Waals surface area contributed by atoms with Crippen LogP contribution >= 0.6 is 0 Å². The molecular formula is C30H46O4. The second-order valence-electron chi connectivity index (χ2n) is 9.68. The highest BCUT2D eigenvalue weighted by atomic mass is 16.5. The maximum atomic E-state index is 8.90. The lowest BCUT2D eigenvalue weighted by Gasteiger charge is -2.11. The van der Waals surface area contributed by atoms with Crippen LogP contribution in [0.4, 0.5) is 0 Å². The Balaban J connectivity index is 1.64. The smallest absolute Gasteiger partial charge is 0.119 e. The fourth-order valence-electron chi connectivity index (χ4n) is 4.23. The van der Waals surface area contributed by atoms with Gasteiger partial charge in [-0.1, -0.05) is 51.0 Å². The summed E-state index contributed by atoms with van der Waals surface area (Å²) in [5.74, 6) is 3.20. The maximum absolute atomic E-state index is 8.90. The van der Waals surface area contributed by atoms with Crippen molar-refractivity contribution >= 4 is 0 Å². The van der Waals surface area contributed by atoms with E-state index < -0.39 is 0 Å². The van der Waals surface area contributed by atoms with Crippen molar-refractivity contribution in [2.75, 3.05) is 26.4 Å². The van der Waals surface area contributed by atoms with E-state index in [2.05, 4.69) is 38.1 Å². The molecule has 0 saturated carbocycles. The van der Waals surface area contributed by atoms with E-state index in [4.69, 9.17) is 19.7 Å². The minimum atomic E-state index is 0.300. The normalized spacial score (nSPS) is 12.9. The van der Waals surface area contributed by atoms with E-state index in [9.17, 15) is 0 Å². The number of ether oxygens (including phenoxy) is 2. The lowest BCUT2D eigenvalue weighted by molar-refractivity contribution is 0.266. The van der Waals surface area contributed by atoms with Gasteiger partial charge in [0.1, 0.15) is 11.5 Å². The number of aliphatic hydroxyl groups is 2. The predicted octanol–water partition coefficient (Wildman–Crippen LogP) is 7.27. The van der Waals surface area contributed by atoms with E-state index in [0.29, 0.717) is 25.0 Å². The molecule has 0 fully saturated rings. The van der Waals surface area contributed by atoms with Crippen LogP contribution in [0.5, 0.6) is 11.5 Å². The number of hydrogen-bond acceptors (Lipinski definition) is 4. The van der Waals surface area contributed by atoms with Crippen molar-refractivity contribution in [3.05, 3.63) is 48.5 Å². The largest absolute Gasteiger partial charge is 0.494 e. The number of rotatable bonds is 19. The summed E-state index contributed by atoms with van der Waals surface area (Å²) in [6.07, 6.45) is 10.9. The van der Waals surface area contributed by atoms with Gasteiger partial charge in [-0.05, 0) is 98.6 Å². The first kappa shape index (κ1) is 28.2. The maximum Gasteiger partial charge on any atom is 0.119 e. The van der Waals surface area contributed by atoms with Crippen LogP contribution in [0.1, 0.15) is 78.1 Å². The van der Waals surface area contributed by atoms with Gasteiger partial charge >= 0.3 is 0 Å². The molecule has 34 heavy (non-hydrogen) atoms. The second kappa shape index (κ2) is 17.4. The highest BCUT2D eigenvalue weighted by Gasteiger charge is 2.04. The van der Waals surface area contributed by atoms with Crippen molar-refractivity contribution in [1.82, 2.24) is 0 Å². The fourth-order valence-corrected chi connectivity index (χ4v) is 4.23. The third-order valence-corrected chi connectivity index (χ3v) is 6.47. The Kier molecular flexibility index (Phi) is 14.4. The lowest BCUT2D eigenvalue weighted by Crippen LogP contribution is -2.01. The Hall–Kier alpha value is -2.04. The summed E-state index contributed by atoms with van der Waals surface area (Å²) in [4.78, 5) is 0. The van der Waals surface area contributed by atoms with Gasteiger partial charge in [-0.25, -0.2) is 0 Å². The van der Waals surface area contributed by atoms with Crippen molar-refractivity contribution in [2.24, 2.45) is 11.8 Å². The minimum absolute atomic E-state index is 0.300. The second-order valence-corrected chi connectivity index (χ2v) is 9.68. The first-order valence-electron chi connectivity index (χ1n) is 13.3. The van der Waals surface area contributed by atoms with Gasteiger partial charge in [0.2, 0.25) is 0 Å². The lowest BCUT2D eigenvalue weighted by atomic mass is 9.99. The van der Waals surface area contributed by atoms with E-state index in [1.165, 1.54) is 36.8 Å². The molecule has 2 rings (SSSR count). The molecule has 4 heteroatoms. The van der Waals surface area contributed by atoms with Crippen molar-refractivity contribution in [1.29, 1.82) is 0 Å². The topological polar surface area (TPSA) is 58.9 Å². The first-order chi connectivity index (χ1) is 16.6. The molecule has 190 valence electrons. The Bertz CT molecular complexity index is 676. The molecule has 2 unspecified atom stereocenters. The van der Waals surface area contributed by atoms with Crippen molar-refractivity contribution < 1.29 is 19.7 Å². The molecule has 0 bridgehead atoms. The van der Waals surface area contributed by atoms with Gasteiger partial charge in [0.05, 0.1) is 13.2 Å². The number of unbranched alkanes of at least 4 members (excludes halogenated alkanes) is 2. The van der Waals surface area contributed by atoms with Crippen molar-refractivity contribution in [3.63, 3.8) is 0 Å². The van der Waals surface area contributed by atoms with Gasteiger partial charge < -0.3 is 19.7 Å². The molecule has 0 aromatic heterocycles. The SMILES string of the molecule is CC(CCCO)CCCCOc1ccc(-c2ccc(OCCCCC(C)CCCO)cc2)cc1. The van der Waals surface area contributed by atoms with Crippen LogP contribution in [0.3, 0.4) is 0 Å². The van der Waals surface area contributed by atoms with E-state index in [1.807, 2.05) is 24.3 Å². The van der Waals surface area contributed by atoms with Gasteiger partial charge in [0.15, 0.2) is 0 Å². The predicted molar refractivity (Wildman–Crippen MR) is 142 cm³/mol. The highest BCUT2D eigenvalue weighted by Crippen LogP contribution is 2.25. The van der Waals surface area contributed by atoms with E-state index in [1.54, 1.807) is 0 Å². The van der Waals surface area contributed by atoms with Crippen molar-refractivity contribution in [2.45, 2.75) is 78.1 Å². The van der Waals surface area contributed by atoms with Crippen LogP contribution < -0.4 is 9.47 Å². The molecule has 0 spiro atoms. The molecule has 0 aliphatic carbocycles. The molecular weight excluding hydrogens is 424 g/mol. The third-order valence-electron chi connectivity index (χ3n) is 6.47. The molecule has 0 aliphatic heterocycles. The van der Waals surface area contributed by atoms with E-state index in [-0.39, 0.29) is 0 Å². The highest BCUT2D eigenvalue weighted by molar-refractivity contribution is 5.64. The molecule has 0 heterocycles. The number of hydrogen-bond donors (Lipinski definition) is 2. The molecule has 2 atom stereocenters. The summed E-state index contributed by atoms with van der Waals surface area (Å²) < 4.78 is 11.8. The summed E-state index contributed by atoms with van der Waals surface area (Å²) >= 11 is 0. The molecule has 0 radical (unpaired) electrons. The van der Waals surface area contributed by atoms with Crippen molar-refractivity contribution in [3.8, 4) is 22.6 Å². The molecule has 0 aliphatic rings. The fraction of sp³-hybridized carbons (Fsp3) is 0.600. The quantitative estimate of drug-likeness (QED) is 0.212. The summed E-state index contributed by atoms with van der Waals surface area (Å²) in [6, 6.07) is 16.6. The van der Waals surface area contributed by atoms with Crippen LogP contribution in [0.25, 0.3) is 11.1 Å². The van der Waals surface area contributed by atoms with Gasteiger partial charge in [0, 0.05) is 13.2 Å². The monoisotopic (exact) mass is 470 g/mol. The summed E-state index contributed by atoms with van der Waals surface area (Å²) in [7, 11) is 0. The van der Waals surface area contributed by atoms with Crippen LogP contribution in [0.2, 0.25) is 0 Å². The van der Waals surface area contributed by atoms with Crippen LogP contribution in [-0.2, 0) is 0 Å². The molecule has 4 nitrogen and oxygen atoms in total. The molecule has 2 aromatic carbocycles. The summed E-state index contributed by atoms with van der Waals surface area (Å²) in [6.45, 7) is 6.62. The summed E-state index contributed by atoms with van der Waals surface area (Å²) in [5, 5.41) is 17.8. The van der Waals surface area contributed by atoms with Crippen LogP contribution in [-0.4, -0.2) is 36.6 Å². The Morgan fingerprint density at radius 2 is 0.882 bits per heavy atom. The van der Waals surface area contributed by atoms with Gasteiger partial charge in [-0.2, -0.15) is 0 Å². The zero-order valence-corrected chi connectivity index (χ0v) is 21.4. The van der Waals surface area contributed by atoms with E-state index >= 15 is 0 Å². The van der Waals surface area contributed by atoms with E-state index in [0.717, 1.165) is 63.2 Å². The number of aliphatic hydroxyl groups excluding tert-OH is 2. The molecule has 0 saturated heterocycles. The Labute approximate surface area is 207 Å². The zero-order valence-electron chi connectivity index (χ0n) is 21.4. The average molecular weight is 471 g/mol. The molecule has 2 N–H and O–H groups in total. The third kappa shape index (κ3) is 11.9. The molecule has 0 amide bonds. The zero-order chi connectivity index (χ0) is 24.4. The standard InChI is InChI=1S/C30H46O4/c1-25(11-7-21-31)9-3-5-23-33-29-17-13-27(14-18-29)28-15-19-30(20-16-28)34-24-6-4-10-26(2)12-8-22-32/h13-20,25-26,31-32H,3-12,21-24H2,1-2H3. The van der Waals surface area contributed by atoms with Gasteiger partial charge in [-0.3, -0.25) is 0 Å². The van der Waals surface area contributed by atoms with Crippen LogP contribution in [0, 0.1) is 11.8 Å². The molecule has 2 aromatic rings. The van der Waals surface area contributed by atoms with Gasteiger partial charge in [0.25, 0.3) is 0 Å². The first-order valence-corrected chi connectivity index (χ1v) is 13.3. The Morgan fingerprint density at radius 3 is 1.24 bits per heavy atom. The van der Waals surface area contributed by atoms with Crippen LogP contribution in [0.15, 0.2) is 48.5 Å². The minimum Gasteiger partial charge on any atom is -0.494 e. The Morgan fingerprint density at radius 1 is 0.529 bits per heavy atom. The summed E-state index contributed by atoms with van der Waals surface area (Å²) in [5.41, 5.74) is 2.35.